The molecule has 0 aromatic heterocycles. The van der Waals surface area contributed by atoms with Crippen molar-refractivity contribution in [1.82, 2.24) is 0 Å². The summed E-state index contributed by atoms with van der Waals surface area (Å²) in [5.41, 5.74) is 10.2. The van der Waals surface area contributed by atoms with E-state index < -0.39 is 12.2 Å². The first-order valence-electron chi connectivity index (χ1n) is 9.08. The Morgan fingerprint density at radius 3 is 2.74 bits per heavy atom. The molecule has 3 rings (SSSR count). The minimum absolute atomic E-state index is 0.0776. The third kappa shape index (κ3) is 4.28. The summed E-state index contributed by atoms with van der Waals surface area (Å²) in [6, 6.07) is 12.5. The molecule has 1 unspecified atom stereocenters. The minimum atomic E-state index is -0.732. The standard InChI is InChI=1S/C21H24N2O4/c1-3-26-21(25)27-17-9-8-16(14(2)12-17)13-18(22)20(24)23-11-10-15-6-4-5-7-19(15)23/h4-9,12,18H,3,10-11,13,22H2,1-2H3. The molecule has 0 bridgehead atoms. The molecule has 0 fully saturated rings. The molecule has 0 saturated carbocycles. The Bertz CT molecular complexity index is 850. The number of hydrogen-bond donors (Lipinski definition) is 1. The normalized spacial score (nSPS) is 13.8. The number of para-hydroxylation sites is 1. The van der Waals surface area contributed by atoms with Crippen molar-refractivity contribution in [3.63, 3.8) is 0 Å². The molecule has 0 spiro atoms. The van der Waals surface area contributed by atoms with Crippen LogP contribution in [0.5, 0.6) is 5.75 Å². The van der Waals surface area contributed by atoms with E-state index >= 15 is 0 Å². The number of nitrogens with zero attached hydrogens (tertiary/aromatic N) is 1. The van der Waals surface area contributed by atoms with Gasteiger partial charge in [0.05, 0.1) is 12.6 Å². The Morgan fingerprint density at radius 2 is 2.00 bits per heavy atom. The van der Waals surface area contributed by atoms with E-state index in [1.54, 1.807) is 24.0 Å². The van der Waals surface area contributed by atoms with Crippen molar-refractivity contribution in [3.8, 4) is 5.75 Å². The van der Waals surface area contributed by atoms with Gasteiger partial charge in [0.2, 0.25) is 5.91 Å². The molecule has 27 heavy (non-hydrogen) atoms. The lowest BCUT2D eigenvalue weighted by Crippen LogP contribution is -2.44. The van der Waals surface area contributed by atoms with Gasteiger partial charge in [0.15, 0.2) is 0 Å². The number of anilines is 1. The zero-order valence-corrected chi connectivity index (χ0v) is 15.6. The highest BCUT2D eigenvalue weighted by molar-refractivity contribution is 5.99. The van der Waals surface area contributed by atoms with Crippen LogP contribution in [0.1, 0.15) is 23.6 Å². The van der Waals surface area contributed by atoms with Gasteiger partial charge in [-0.2, -0.15) is 0 Å². The second kappa shape index (κ2) is 8.22. The van der Waals surface area contributed by atoms with Crippen molar-refractivity contribution in [2.45, 2.75) is 32.7 Å². The molecule has 2 aromatic carbocycles. The lowest BCUT2D eigenvalue weighted by Gasteiger charge is -2.22. The highest BCUT2D eigenvalue weighted by Crippen LogP contribution is 2.28. The molecule has 0 saturated heterocycles. The van der Waals surface area contributed by atoms with Gasteiger partial charge in [0.25, 0.3) is 0 Å². The third-order valence-electron chi connectivity index (χ3n) is 4.69. The van der Waals surface area contributed by atoms with E-state index in [1.165, 1.54) is 5.56 Å². The maximum atomic E-state index is 12.8. The van der Waals surface area contributed by atoms with Crippen molar-refractivity contribution < 1.29 is 19.1 Å². The van der Waals surface area contributed by atoms with Crippen LogP contribution in [0.25, 0.3) is 0 Å². The molecule has 1 aliphatic heterocycles. The van der Waals surface area contributed by atoms with Gasteiger partial charge in [-0.1, -0.05) is 24.3 Å². The van der Waals surface area contributed by atoms with Crippen LogP contribution in [-0.4, -0.2) is 31.3 Å². The lowest BCUT2D eigenvalue weighted by atomic mass is 10.0. The van der Waals surface area contributed by atoms with E-state index in [2.05, 4.69) is 0 Å². The number of aryl methyl sites for hydroxylation is 1. The first kappa shape index (κ1) is 18.9. The van der Waals surface area contributed by atoms with Gasteiger partial charge in [0.1, 0.15) is 5.75 Å². The zero-order valence-electron chi connectivity index (χ0n) is 15.6. The molecular weight excluding hydrogens is 344 g/mol. The number of rotatable bonds is 5. The fourth-order valence-corrected chi connectivity index (χ4v) is 3.30. The largest absolute Gasteiger partial charge is 0.513 e. The van der Waals surface area contributed by atoms with Crippen LogP contribution in [0.2, 0.25) is 0 Å². The number of amides is 1. The Labute approximate surface area is 158 Å². The smallest absolute Gasteiger partial charge is 0.434 e. The number of nitrogens with two attached hydrogens (primary N) is 1. The highest BCUT2D eigenvalue weighted by atomic mass is 16.7. The summed E-state index contributed by atoms with van der Waals surface area (Å²) in [5.74, 6) is 0.328. The van der Waals surface area contributed by atoms with Crippen LogP contribution in [0.3, 0.4) is 0 Å². The predicted octanol–water partition coefficient (Wildman–Crippen LogP) is 2.99. The van der Waals surface area contributed by atoms with Crippen LogP contribution in [0, 0.1) is 6.92 Å². The second-order valence-electron chi connectivity index (χ2n) is 6.55. The summed E-state index contributed by atoms with van der Waals surface area (Å²) in [5, 5.41) is 0. The van der Waals surface area contributed by atoms with Gasteiger partial charge in [-0.15, -0.1) is 0 Å². The number of carbonyl (C=O) groups excluding carboxylic acids is 2. The van der Waals surface area contributed by atoms with E-state index in [0.717, 1.165) is 23.2 Å². The summed E-state index contributed by atoms with van der Waals surface area (Å²) in [6.45, 7) is 4.53. The van der Waals surface area contributed by atoms with Crippen molar-refractivity contribution in [2.75, 3.05) is 18.1 Å². The van der Waals surface area contributed by atoms with E-state index in [1.807, 2.05) is 37.3 Å². The summed E-state index contributed by atoms with van der Waals surface area (Å²) < 4.78 is 9.86. The van der Waals surface area contributed by atoms with Crippen molar-refractivity contribution in [2.24, 2.45) is 5.73 Å². The fraction of sp³-hybridized carbons (Fsp3) is 0.333. The topological polar surface area (TPSA) is 81.9 Å². The molecule has 1 amide bonds. The molecule has 142 valence electrons. The summed E-state index contributed by atoms with van der Waals surface area (Å²) in [4.78, 5) is 26.0. The molecule has 6 nitrogen and oxygen atoms in total. The SMILES string of the molecule is CCOC(=O)Oc1ccc(CC(N)C(=O)N2CCc3ccccc32)c(C)c1. The number of carbonyl (C=O) groups is 2. The van der Waals surface area contributed by atoms with Gasteiger partial charge in [0, 0.05) is 12.2 Å². The molecule has 1 heterocycles. The molecular formula is C21H24N2O4. The van der Waals surface area contributed by atoms with Gasteiger partial charge in [-0.3, -0.25) is 4.79 Å². The zero-order chi connectivity index (χ0) is 19.4. The number of ether oxygens (including phenoxy) is 2. The fourth-order valence-electron chi connectivity index (χ4n) is 3.30. The van der Waals surface area contributed by atoms with E-state index in [-0.39, 0.29) is 12.5 Å². The Morgan fingerprint density at radius 1 is 1.22 bits per heavy atom. The Kier molecular flexibility index (Phi) is 5.76. The van der Waals surface area contributed by atoms with Gasteiger partial charge < -0.3 is 20.1 Å². The van der Waals surface area contributed by atoms with E-state index in [9.17, 15) is 9.59 Å². The van der Waals surface area contributed by atoms with Crippen LogP contribution in [0.4, 0.5) is 10.5 Å². The van der Waals surface area contributed by atoms with E-state index in [4.69, 9.17) is 15.2 Å². The van der Waals surface area contributed by atoms with Gasteiger partial charge >= 0.3 is 6.16 Å². The van der Waals surface area contributed by atoms with Crippen LogP contribution in [-0.2, 0) is 22.4 Å². The summed E-state index contributed by atoms with van der Waals surface area (Å²) in [7, 11) is 0. The molecule has 0 aliphatic carbocycles. The number of fused-ring (bicyclic) bond motifs is 1. The van der Waals surface area contributed by atoms with Crippen molar-refractivity contribution >= 4 is 17.7 Å². The lowest BCUT2D eigenvalue weighted by molar-refractivity contribution is -0.119. The minimum Gasteiger partial charge on any atom is -0.434 e. The first-order valence-corrected chi connectivity index (χ1v) is 9.08. The van der Waals surface area contributed by atoms with Crippen molar-refractivity contribution in [1.29, 1.82) is 0 Å². The monoisotopic (exact) mass is 368 g/mol. The van der Waals surface area contributed by atoms with Crippen molar-refractivity contribution in [3.05, 3.63) is 59.2 Å². The third-order valence-corrected chi connectivity index (χ3v) is 4.69. The number of hydrogen-bond acceptors (Lipinski definition) is 5. The maximum Gasteiger partial charge on any atom is 0.513 e. The Hall–Kier alpha value is -2.86. The van der Waals surface area contributed by atoms with Gasteiger partial charge in [-0.25, -0.2) is 4.79 Å². The maximum absolute atomic E-state index is 12.8. The van der Waals surface area contributed by atoms with Crippen LogP contribution >= 0.6 is 0 Å². The van der Waals surface area contributed by atoms with Gasteiger partial charge in [-0.05, 0) is 61.6 Å². The predicted molar refractivity (Wildman–Crippen MR) is 103 cm³/mol. The Balaban J connectivity index is 1.66. The molecule has 6 heteroatoms. The summed E-state index contributed by atoms with van der Waals surface area (Å²) >= 11 is 0. The highest BCUT2D eigenvalue weighted by Gasteiger charge is 2.28. The molecule has 2 N–H and O–H groups in total. The summed E-state index contributed by atoms with van der Waals surface area (Å²) in [6.07, 6.45) is 0.542. The molecule has 2 aromatic rings. The molecule has 1 aliphatic rings. The first-order chi connectivity index (χ1) is 13.0. The molecule has 0 radical (unpaired) electrons. The molecule has 1 atom stereocenters. The number of benzene rings is 2. The quantitative estimate of drug-likeness (QED) is 0.648. The van der Waals surface area contributed by atoms with Crippen LogP contribution < -0.4 is 15.4 Å². The second-order valence-corrected chi connectivity index (χ2v) is 6.55. The average molecular weight is 368 g/mol. The van der Waals surface area contributed by atoms with Crippen LogP contribution in [0.15, 0.2) is 42.5 Å². The van der Waals surface area contributed by atoms with E-state index in [0.29, 0.717) is 18.7 Å². The average Bonchev–Trinajstić information content (AvgIpc) is 3.07.